The molecular weight excluding hydrogens is 382 g/mol. The van der Waals surface area contributed by atoms with E-state index in [0.717, 1.165) is 10.3 Å². The first kappa shape index (κ1) is 19.3. The summed E-state index contributed by atoms with van der Waals surface area (Å²) in [4.78, 5) is 12.3. The molecule has 0 amide bonds. The summed E-state index contributed by atoms with van der Waals surface area (Å²) in [6, 6.07) is 15.8. The highest BCUT2D eigenvalue weighted by Crippen LogP contribution is 2.42. The van der Waals surface area contributed by atoms with Gasteiger partial charge >= 0.3 is 0 Å². The third-order valence-electron chi connectivity index (χ3n) is 4.32. The molecular formula is C19H19N3O3S2. The number of rotatable bonds is 5. The Labute approximate surface area is 167 Å². The zero-order valence-electron chi connectivity index (χ0n) is 14.9. The minimum atomic E-state index is -0.481. The number of thioether (sulfide) groups is 1. The zero-order chi connectivity index (χ0) is 19.6. The number of non-ortho nitro benzene ring substituents is 1. The highest BCUT2D eigenvalue weighted by atomic mass is 32.2. The highest BCUT2D eigenvalue weighted by molar-refractivity contribution is 8.24. The van der Waals surface area contributed by atoms with Gasteiger partial charge in [0, 0.05) is 17.7 Å². The normalized spacial score (nSPS) is 19.3. The molecule has 0 unspecified atom stereocenters. The molecule has 1 fully saturated rings. The second-order valence-electron chi connectivity index (χ2n) is 6.80. The third-order valence-corrected chi connectivity index (χ3v) is 5.95. The summed E-state index contributed by atoms with van der Waals surface area (Å²) < 4.78 is 1.19. The van der Waals surface area contributed by atoms with Crippen molar-refractivity contribution in [2.75, 3.05) is 0 Å². The maximum absolute atomic E-state index is 13.0. The Morgan fingerprint density at radius 1 is 1.15 bits per heavy atom. The molecule has 3 rings (SSSR count). The first-order chi connectivity index (χ1) is 12.8. The molecule has 0 spiro atoms. The first-order valence-corrected chi connectivity index (χ1v) is 9.59. The molecule has 1 aliphatic heterocycles. The Balaban J connectivity index is 1.89. The molecule has 8 heteroatoms. The van der Waals surface area contributed by atoms with Crippen LogP contribution in [0.15, 0.2) is 54.6 Å². The summed E-state index contributed by atoms with van der Waals surface area (Å²) in [6.45, 7) is 4.54. The van der Waals surface area contributed by atoms with E-state index in [0.29, 0.717) is 16.4 Å². The molecule has 6 nitrogen and oxygen atoms in total. The molecule has 1 atom stereocenters. The van der Waals surface area contributed by atoms with Crippen molar-refractivity contribution in [2.24, 2.45) is 0 Å². The van der Waals surface area contributed by atoms with Gasteiger partial charge in [0.05, 0.1) is 11.5 Å². The molecule has 0 saturated carbocycles. The van der Waals surface area contributed by atoms with Gasteiger partial charge in [-0.2, -0.15) is 4.74 Å². The Morgan fingerprint density at radius 2 is 1.78 bits per heavy atom. The minimum absolute atomic E-state index is 0.00627. The molecule has 0 bridgehead atoms. The van der Waals surface area contributed by atoms with Crippen molar-refractivity contribution in [2.45, 2.75) is 31.3 Å². The predicted molar refractivity (Wildman–Crippen MR) is 112 cm³/mol. The largest absolute Gasteiger partial charge is 0.622 e. The molecule has 0 aromatic heterocycles. The lowest BCUT2D eigenvalue weighted by atomic mass is 10.1. The SMILES string of the molecule is CC1(C)SC(=S)N(Cc2ccccc2)[C@H]1/[N+]([O-])=C/c1ccc([N+](=O)[O-])cc1. The van der Waals surface area contributed by atoms with Gasteiger partial charge < -0.3 is 5.21 Å². The quantitative estimate of drug-likeness (QED) is 0.187. The van der Waals surface area contributed by atoms with Crippen molar-refractivity contribution in [3.8, 4) is 0 Å². The van der Waals surface area contributed by atoms with Gasteiger partial charge in [-0.25, -0.2) is 0 Å². The van der Waals surface area contributed by atoms with Crippen LogP contribution in [0.25, 0.3) is 0 Å². The van der Waals surface area contributed by atoms with E-state index in [9.17, 15) is 15.3 Å². The van der Waals surface area contributed by atoms with E-state index in [-0.39, 0.29) is 5.69 Å². The molecule has 2 aromatic carbocycles. The smallest absolute Gasteiger partial charge is 0.269 e. The lowest BCUT2D eigenvalue weighted by Crippen LogP contribution is -2.47. The average Bonchev–Trinajstić information content (AvgIpc) is 2.84. The predicted octanol–water partition coefficient (Wildman–Crippen LogP) is 4.16. The molecule has 1 heterocycles. The van der Waals surface area contributed by atoms with Gasteiger partial charge in [-0.05, 0) is 31.5 Å². The van der Waals surface area contributed by atoms with Crippen molar-refractivity contribution >= 4 is 40.2 Å². The van der Waals surface area contributed by atoms with Crippen LogP contribution in [-0.4, -0.2) is 36.0 Å². The lowest BCUT2D eigenvalue weighted by molar-refractivity contribution is -0.524. The fourth-order valence-corrected chi connectivity index (χ4v) is 4.96. The van der Waals surface area contributed by atoms with Crippen LogP contribution in [0.3, 0.4) is 0 Å². The summed E-state index contributed by atoms with van der Waals surface area (Å²) in [5.74, 6) is 0. The van der Waals surface area contributed by atoms with E-state index in [1.165, 1.54) is 30.1 Å². The summed E-state index contributed by atoms with van der Waals surface area (Å²) in [5, 5.41) is 23.8. The van der Waals surface area contributed by atoms with E-state index in [4.69, 9.17) is 12.2 Å². The lowest BCUT2D eigenvalue weighted by Gasteiger charge is -2.29. The topological polar surface area (TPSA) is 72.5 Å². The van der Waals surface area contributed by atoms with Gasteiger partial charge in [0.1, 0.15) is 9.07 Å². The van der Waals surface area contributed by atoms with Crippen molar-refractivity contribution in [1.29, 1.82) is 0 Å². The van der Waals surface area contributed by atoms with Gasteiger partial charge in [-0.15, -0.1) is 0 Å². The van der Waals surface area contributed by atoms with Gasteiger partial charge in [-0.1, -0.05) is 54.3 Å². The fourth-order valence-electron chi connectivity index (χ4n) is 3.09. The Hall–Kier alpha value is -2.45. The number of nitrogens with zero attached hydrogens (tertiary/aromatic N) is 3. The molecule has 1 aliphatic rings. The summed E-state index contributed by atoms with van der Waals surface area (Å²) >= 11 is 7.04. The molecule has 2 aromatic rings. The van der Waals surface area contributed by atoms with E-state index < -0.39 is 15.8 Å². The van der Waals surface area contributed by atoms with Crippen molar-refractivity contribution < 1.29 is 9.66 Å². The third kappa shape index (κ3) is 4.28. The van der Waals surface area contributed by atoms with E-state index in [1.54, 1.807) is 12.1 Å². The van der Waals surface area contributed by atoms with Crippen LogP contribution < -0.4 is 0 Å². The van der Waals surface area contributed by atoms with Crippen LogP contribution in [0, 0.1) is 15.3 Å². The van der Waals surface area contributed by atoms with E-state index in [2.05, 4.69) is 0 Å². The van der Waals surface area contributed by atoms with E-state index >= 15 is 0 Å². The monoisotopic (exact) mass is 401 g/mol. The fraction of sp³-hybridized carbons (Fsp3) is 0.263. The van der Waals surface area contributed by atoms with Crippen LogP contribution in [0.2, 0.25) is 0 Å². The molecule has 1 saturated heterocycles. The Bertz CT molecular complexity index is 883. The number of nitro benzene ring substituents is 1. The number of hydrogen-bond donors (Lipinski definition) is 0. The van der Waals surface area contributed by atoms with Crippen LogP contribution in [0.4, 0.5) is 5.69 Å². The van der Waals surface area contributed by atoms with Crippen molar-refractivity contribution in [3.05, 3.63) is 81.0 Å². The Kier molecular flexibility index (Phi) is 5.48. The Morgan fingerprint density at radius 3 is 2.37 bits per heavy atom. The molecule has 27 heavy (non-hydrogen) atoms. The van der Waals surface area contributed by atoms with Gasteiger partial charge in [0.25, 0.3) is 11.9 Å². The number of thiocarbonyl (C=S) groups is 1. The first-order valence-electron chi connectivity index (χ1n) is 8.36. The molecule has 0 N–H and O–H groups in total. The van der Waals surface area contributed by atoms with Crippen molar-refractivity contribution in [3.63, 3.8) is 0 Å². The number of hydrogen-bond acceptors (Lipinski definition) is 5. The van der Waals surface area contributed by atoms with Gasteiger partial charge in [0.2, 0.25) is 0 Å². The summed E-state index contributed by atoms with van der Waals surface area (Å²) in [6.07, 6.45) is 0.980. The molecule has 0 radical (unpaired) electrons. The summed E-state index contributed by atoms with van der Waals surface area (Å²) in [7, 11) is 0. The number of nitro groups is 1. The molecule has 140 valence electrons. The van der Waals surface area contributed by atoms with Crippen LogP contribution in [0.1, 0.15) is 25.0 Å². The van der Waals surface area contributed by atoms with Gasteiger partial charge in [-0.3, -0.25) is 15.0 Å². The maximum atomic E-state index is 13.0. The highest BCUT2D eigenvalue weighted by Gasteiger charge is 2.50. The average molecular weight is 402 g/mol. The van der Waals surface area contributed by atoms with Crippen LogP contribution >= 0.6 is 24.0 Å². The molecule has 0 aliphatic carbocycles. The number of hydroxylamine groups is 1. The standard InChI is InChI=1S/C19H19N3O3S2/c1-19(2)17(20(18(26)27-19)12-14-6-4-3-5-7-14)21(23)13-15-8-10-16(11-9-15)22(24)25/h3-11,13,17H,12H2,1-2H3/b21-13-/t17-/m0/s1. The number of benzene rings is 2. The zero-order valence-corrected chi connectivity index (χ0v) is 16.6. The van der Waals surface area contributed by atoms with Crippen LogP contribution in [-0.2, 0) is 6.54 Å². The maximum Gasteiger partial charge on any atom is 0.269 e. The second-order valence-corrected chi connectivity index (χ2v) is 9.08. The van der Waals surface area contributed by atoms with Gasteiger partial charge in [0.15, 0.2) is 6.21 Å². The second kappa shape index (κ2) is 7.66. The minimum Gasteiger partial charge on any atom is -0.622 e. The van der Waals surface area contributed by atoms with Crippen LogP contribution in [0.5, 0.6) is 0 Å². The summed E-state index contributed by atoms with van der Waals surface area (Å²) in [5.41, 5.74) is 1.67. The van der Waals surface area contributed by atoms with E-state index in [1.807, 2.05) is 49.1 Å². The van der Waals surface area contributed by atoms with Crippen molar-refractivity contribution in [1.82, 2.24) is 4.90 Å².